The Labute approximate surface area is 312 Å². The molecular formula is C41H42O13. The van der Waals surface area contributed by atoms with Gasteiger partial charge in [-0.1, -0.05) is 109 Å². The summed E-state index contributed by atoms with van der Waals surface area (Å²) >= 11 is 0. The Hall–Kier alpha value is -4.09. The number of ether oxygens (including phenoxy) is 10. The fourth-order valence-electron chi connectivity index (χ4n) is 7.17. The molecule has 8 rings (SSSR count). The zero-order valence-electron chi connectivity index (χ0n) is 29.4. The fourth-order valence-corrected chi connectivity index (χ4v) is 7.17. The van der Waals surface area contributed by atoms with E-state index in [9.17, 15) is 15.0 Å². The minimum atomic E-state index is -2.82. The number of rotatable bonds is 10. The zero-order valence-corrected chi connectivity index (χ0v) is 29.4. The molecule has 54 heavy (non-hydrogen) atoms. The molecule has 0 saturated carbocycles. The lowest BCUT2D eigenvalue weighted by molar-refractivity contribution is -0.458. The van der Waals surface area contributed by atoms with E-state index in [4.69, 9.17) is 47.4 Å². The van der Waals surface area contributed by atoms with E-state index in [1.54, 1.807) is 30.3 Å². The summed E-state index contributed by atoms with van der Waals surface area (Å²) in [5.74, 6) is -3.49. The Bertz CT molecular complexity index is 1800. The van der Waals surface area contributed by atoms with Crippen molar-refractivity contribution in [3.05, 3.63) is 144 Å². The number of hydrogen-bond acceptors (Lipinski definition) is 13. The minimum Gasteiger partial charge on any atom is -0.450 e. The number of hydrogen-bond donors (Lipinski definition) is 2. The molecule has 11 atom stereocenters. The molecule has 0 radical (unpaired) electrons. The molecule has 0 spiro atoms. The van der Waals surface area contributed by atoms with Gasteiger partial charge in [-0.3, -0.25) is 0 Å². The molecule has 2 N–H and O–H groups in total. The minimum absolute atomic E-state index is 0.00313. The van der Waals surface area contributed by atoms with Gasteiger partial charge in [0.15, 0.2) is 25.0 Å². The predicted molar refractivity (Wildman–Crippen MR) is 187 cm³/mol. The van der Waals surface area contributed by atoms with Crippen LogP contribution < -0.4 is 0 Å². The van der Waals surface area contributed by atoms with Gasteiger partial charge in [-0.15, -0.1) is 0 Å². The van der Waals surface area contributed by atoms with E-state index in [-0.39, 0.29) is 25.4 Å². The number of esters is 1. The van der Waals surface area contributed by atoms with Crippen LogP contribution in [0.25, 0.3) is 0 Å². The van der Waals surface area contributed by atoms with Gasteiger partial charge in [0.1, 0.15) is 36.6 Å². The SMILES string of the molecule is CO[C@@H]1C(OC(=O)c2ccccc2)[C@H](O[C@H]2[C@@H]3OC(c4ccccc4)OCC3O[C@@H](OCc3ccccc3)C2(O)O)OC2COC(c3ccccc3)O[C@H]21. The van der Waals surface area contributed by atoms with Crippen LogP contribution >= 0.6 is 0 Å². The molecule has 4 aromatic carbocycles. The Morgan fingerprint density at radius 2 is 1.22 bits per heavy atom. The summed E-state index contributed by atoms with van der Waals surface area (Å²) in [6.07, 6.45) is -12.0. The highest BCUT2D eigenvalue weighted by Crippen LogP contribution is 2.43. The predicted octanol–water partition coefficient (Wildman–Crippen LogP) is 4.19. The van der Waals surface area contributed by atoms with Gasteiger partial charge in [-0.05, 0) is 17.7 Å². The van der Waals surface area contributed by atoms with E-state index >= 15 is 0 Å². The lowest BCUT2D eigenvalue weighted by atomic mass is 9.93. The molecule has 4 fully saturated rings. The van der Waals surface area contributed by atoms with Crippen molar-refractivity contribution in [3.63, 3.8) is 0 Å². The lowest BCUT2D eigenvalue weighted by Gasteiger charge is -2.53. The molecule has 5 unspecified atom stereocenters. The first-order valence-corrected chi connectivity index (χ1v) is 17.9. The third kappa shape index (κ3) is 7.71. The largest absolute Gasteiger partial charge is 0.450 e. The van der Waals surface area contributed by atoms with E-state index in [1.165, 1.54) is 7.11 Å². The van der Waals surface area contributed by atoms with Crippen molar-refractivity contribution < 1.29 is 62.4 Å². The van der Waals surface area contributed by atoms with Crippen LogP contribution in [0.2, 0.25) is 0 Å². The van der Waals surface area contributed by atoms with Gasteiger partial charge < -0.3 is 57.6 Å². The van der Waals surface area contributed by atoms with Gasteiger partial charge in [0.25, 0.3) is 0 Å². The fraction of sp³-hybridized carbons (Fsp3) is 0.390. The summed E-state index contributed by atoms with van der Waals surface area (Å²) in [4.78, 5) is 13.7. The first-order chi connectivity index (χ1) is 26.4. The van der Waals surface area contributed by atoms with Crippen LogP contribution in [0.3, 0.4) is 0 Å². The maximum atomic E-state index is 13.7. The topological polar surface area (TPSA) is 150 Å². The van der Waals surface area contributed by atoms with Crippen molar-refractivity contribution >= 4 is 5.97 Å². The number of fused-ring (bicyclic) bond motifs is 2. The molecule has 0 aliphatic carbocycles. The first kappa shape index (κ1) is 36.9. The van der Waals surface area contributed by atoms with Crippen LogP contribution in [0.5, 0.6) is 0 Å². The quantitative estimate of drug-likeness (QED) is 0.177. The standard InChI is InChI=1S/C41H42O13/c1-45-33-31-29(23-46-37(52-31)27-18-10-4-11-19-27)49-39(34(33)51-36(42)26-16-8-3-9-17-26)54-35-32-30(24-47-38(53-32)28-20-12-5-13-21-28)50-40(41(35,43)44)48-22-25-14-6-2-7-15-25/h2-21,29-35,37-40,43-44H,22-24H2,1H3/t29?,30?,31-,32-,33+,34?,35+,37?,38?,39+,40-/m1/s1. The van der Waals surface area contributed by atoms with Crippen molar-refractivity contribution in [1.82, 2.24) is 0 Å². The third-order valence-corrected chi connectivity index (χ3v) is 9.90. The van der Waals surface area contributed by atoms with Gasteiger partial charge >= 0.3 is 5.97 Å². The summed E-state index contributed by atoms with van der Waals surface area (Å²) in [5, 5.41) is 24.0. The van der Waals surface area contributed by atoms with E-state index in [2.05, 4.69) is 0 Å². The second-order valence-electron chi connectivity index (χ2n) is 13.5. The zero-order chi connectivity index (χ0) is 37.1. The summed E-state index contributed by atoms with van der Waals surface area (Å²) < 4.78 is 62.3. The Morgan fingerprint density at radius 1 is 0.685 bits per heavy atom. The molecular weight excluding hydrogens is 700 g/mol. The molecule has 0 bridgehead atoms. The van der Waals surface area contributed by atoms with Crippen molar-refractivity contribution in [2.75, 3.05) is 20.3 Å². The molecule has 4 aliphatic heterocycles. The second kappa shape index (κ2) is 16.3. The monoisotopic (exact) mass is 742 g/mol. The highest BCUT2D eigenvalue weighted by molar-refractivity contribution is 5.89. The maximum absolute atomic E-state index is 13.7. The second-order valence-corrected chi connectivity index (χ2v) is 13.5. The Kier molecular flexibility index (Phi) is 11.1. The number of benzene rings is 4. The smallest absolute Gasteiger partial charge is 0.338 e. The van der Waals surface area contributed by atoms with Crippen LogP contribution in [0.1, 0.15) is 39.6 Å². The molecule has 13 nitrogen and oxygen atoms in total. The maximum Gasteiger partial charge on any atom is 0.338 e. The van der Waals surface area contributed by atoms with Gasteiger partial charge in [0.05, 0.1) is 25.4 Å². The highest BCUT2D eigenvalue weighted by atomic mass is 16.8. The number of methoxy groups -OCH3 is 1. The number of aliphatic hydroxyl groups is 2. The average molecular weight is 743 g/mol. The van der Waals surface area contributed by atoms with E-state index in [0.717, 1.165) is 11.1 Å². The Morgan fingerprint density at radius 3 is 1.81 bits per heavy atom. The van der Waals surface area contributed by atoms with E-state index in [1.807, 2.05) is 91.0 Å². The van der Waals surface area contributed by atoms with Gasteiger partial charge in [-0.2, -0.15) is 0 Å². The van der Waals surface area contributed by atoms with E-state index < -0.39 is 79.6 Å². The Balaban J connectivity index is 1.11. The highest BCUT2D eigenvalue weighted by Gasteiger charge is 2.62. The molecule has 4 aromatic rings. The van der Waals surface area contributed by atoms with Crippen molar-refractivity contribution in [2.24, 2.45) is 0 Å². The van der Waals surface area contributed by atoms with Crippen LogP contribution in [0.15, 0.2) is 121 Å². The summed E-state index contributed by atoms with van der Waals surface area (Å²) in [7, 11) is 1.47. The summed E-state index contributed by atoms with van der Waals surface area (Å²) in [6, 6.07) is 36.3. The summed E-state index contributed by atoms with van der Waals surface area (Å²) in [5.41, 5.74) is 2.54. The van der Waals surface area contributed by atoms with Gasteiger partial charge in [0, 0.05) is 18.2 Å². The van der Waals surface area contributed by atoms with Crippen LogP contribution in [0, 0.1) is 0 Å². The molecule has 284 valence electrons. The van der Waals surface area contributed by atoms with Crippen LogP contribution in [-0.4, -0.2) is 97.6 Å². The van der Waals surface area contributed by atoms with Crippen molar-refractivity contribution in [1.29, 1.82) is 0 Å². The molecule has 4 heterocycles. The van der Waals surface area contributed by atoms with Crippen LogP contribution in [0.4, 0.5) is 0 Å². The molecule has 0 amide bonds. The third-order valence-electron chi connectivity index (χ3n) is 9.90. The van der Waals surface area contributed by atoms with Gasteiger partial charge in [0.2, 0.25) is 12.1 Å². The van der Waals surface area contributed by atoms with Crippen molar-refractivity contribution in [2.45, 2.75) is 80.3 Å². The molecule has 0 aromatic heterocycles. The molecule has 4 aliphatic rings. The van der Waals surface area contributed by atoms with Gasteiger partial charge in [-0.25, -0.2) is 4.79 Å². The number of carbonyl (C=O) groups is 1. The van der Waals surface area contributed by atoms with E-state index in [0.29, 0.717) is 5.56 Å². The molecule has 4 saturated heterocycles. The van der Waals surface area contributed by atoms with Crippen molar-refractivity contribution in [3.8, 4) is 0 Å². The lowest BCUT2D eigenvalue weighted by Crippen LogP contribution is -2.72. The summed E-state index contributed by atoms with van der Waals surface area (Å²) in [6.45, 7) is 0.0733. The molecule has 13 heteroatoms. The van der Waals surface area contributed by atoms with Crippen LogP contribution in [-0.2, 0) is 54.0 Å². The normalized spacial score (nSPS) is 33.2. The average Bonchev–Trinajstić information content (AvgIpc) is 3.22. The number of carbonyl (C=O) groups excluding carboxylic acids is 1. The first-order valence-electron chi connectivity index (χ1n) is 17.9.